The molecule has 20 heavy (non-hydrogen) atoms. The minimum Gasteiger partial charge on any atom is -0.497 e. The zero-order valence-corrected chi connectivity index (χ0v) is 11.5. The molecule has 0 unspecified atom stereocenters. The Balaban J connectivity index is 2.16. The zero-order valence-electron chi connectivity index (χ0n) is 11.5. The first-order valence-corrected chi connectivity index (χ1v) is 6.29. The van der Waals surface area contributed by atoms with Crippen LogP contribution in [0.25, 0.3) is 0 Å². The van der Waals surface area contributed by atoms with Gasteiger partial charge in [-0.1, -0.05) is 6.07 Å². The van der Waals surface area contributed by atoms with E-state index in [1.807, 2.05) is 6.92 Å². The monoisotopic (exact) mass is 276 g/mol. The van der Waals surface area contributed by atoms with Crippen LogP contribution in [0.1, 0.15) is 16.7 Å². The van der Waals surface area contributed by atoms with Gasteiger partial charge in [0.25, 0.3) is 0 Å². The van der Waals surface area contributed by atoms with Gasteiger partial charge in [-0.2, -0.15) is 0 Å². The van der Waals surface area contributed by atoms with Crippen molar-refractivity contribution < 1.29 is 19.0 Å². The third-order valence-corrected chi connectivity index (χ3v) is 3.13. The average molecular weight is 276 g/mol. The number of hydrogen-bond acceptors (Lipinski definition) is 3. The van der Waals surface area contributed by atoms with Crippen LogP contribution in [-0.2, 0) is 13.2 Å². The number of aliphatic hydroxyl groups is 1. The summed E-state index contributed by atoms with van der Waals surface area (Å²) in [6, 6.07) is 9.80. The van der Waals surface area contributed by atoms with Crippen LogP contribution in [0, 0.1) is 12.7 Å². The van der Waals surface area contributed by atoms with E-state index in [1.54, 1.807) is 31.4 Å². The van der Waals surface area contributed by atoms with Crippen molar-refractivity contribution in [2.45, 2.75) is 20.1 Å². The molecule has 3 nitrogen and oxygen atoms in total. The topological polar surface area (TPSA) is 38.7 Å². The van der Waals surface area contributed by atoms with E-state index in [4.69, 9.17) is 9.47 Å². The molecule has 0 aliphatic carbocycles. The minimum atomic E-state index is -0.286. The lowest BCUT2D eigenvalue weighted by atomic mass is 10.1. The molecule has 0 radical (unpaired) electrons. The largest absolute Gasteiger partial charge is 0.497 e. The fourth-order valence-corrected chi connectivity index (χ4v) is 1.90. The van der Waals surface area contributed by atoms with Gasteiger partial charge in [0.15, 0.2) is 0 Å². The maximum absolute atomic E-state index is 13.2. The van der Waals surface area contributed by atoms with Gasteiger partial charge in [-0.15, -0.1) is 0 Å². The Bertz CT molecular complexity index is 596. The van der Waals surface area contributed by atoms with E-state index >= 15 is 0 Å². The van der Waals surface area contributed by atoms with Crippen molar-refractivity contribution in [2.75, 3.05) is 7.11 Å². The van der Waals surface area contributed by atoms with Crippen LogP contribution in [0.2, 0.25) is 0 Å². The van der Waals surface area contributed by atoms with Crippen LogP contribution in [0.4, 0.5) is 4.39 Å². The van der Waals surface area contributed by atoms with E-state index < -0.39 is 0 Å². The second-order valence-electron chi connectivity index (χ2n) is 4.49. The predicted molar refractivity (Wildman–Crippen MR) is 74.4 cm³/mol. The molecule has 0 saturated carbocycles. The van der Waals surface area contributed by atoms with E-state index in [2.05, 4.69) is 0 Å². The van der Waals surface area contributed by atoms with Gasteiger partial charge in [-0.25, -0.2) is 4.39 Å². The summed E-state index contributed by atoms with van der Waals surface area (Å²) in [7, 11) is 1.56. The summed E-state index contributed by atoms with van der Waals surface area (Å²) in [6.45, 7) is 2.01. The Labute approximate surface area is 117 Å². The number of benzene rings is 2. The molecule has 2 rings (SSSR count). The zero-order chi connectivity index (χ0) is 14.5. The first-order chi connectivity index (χ1) is 9.63. The van der Waals surface area contributed by atoms with Crippen molar-refractivity contribution in [1.82, 2.24) is 0 Å². The van der Waals surface area contributed by atoms with Gasteiger partial charge in [-0.3, -0.25) is 0 Å². The number of aryl methyl sites for hydroxylation is 1. The number of methoxy groups -OCH3 is 1. The predicted octanol–water partition coefficient (Wildman–Crippen LogP) is 3.21. The van der Waals surface area contributed by atoms with E-state index in [0.29, 0.717) is 17.1 Å². The lowest BCUT2D eigenvalue weighted by molar-refractivity contribution is 0.257. The van der Waals surface area contributed by atoms with Crippen molar-refractivity contribution in [3.63, 3.8) is 0 Å². The van der Waals surface area contributed by atoms with Gasteiger partial charge in [0.1, 0.15) is 23.9 Å². The highest BCUT2D eigenvalue weighted by molar-refractivity contribution is 5.40. The molecule has 2 aromatic rings. The van der Waals surface area contributed by atoms with Crippen LogP contribution < -0.4 is 9.47 Å². The standard InChI is InChI=1S/C16H17FO3/c1-11-3-4-14(17)7-13(11)10-20-16-6-5-15(19-2)8-12(16)9-18/h3-8,18H,9-10H2,1-2H3. The molecule has 0 spiro atoms. The van der Waals surface area contributed by atoms with E-state index in [1.165, 1.54) is 12.1 Å². The van der Waals surface area contributed by atoms with Crippen molar-refractivity contribution in [3.8, 4) is 11.5 Å². The second-order valence-corrected chi connectivity index (χ2v) is 4.49. The molecule has 4 heteroatoms. The minimum absolute atomic E-state index is 0.144. The summed E-state index contributed by atoms with van der Waals surface area (Å²) in [5, 5.41) is 9.34. The van der Waals surface area contributed by atoms with Crippen LogP contribution in [0.3, 0.4) is 0 Å². The van der Waals surface area contributed by atoms with E-state index in [0.717, 1.165) is 11.1 Å². The van der Waals surface area contributed by atoms with E-state index in [9.17, 15) is 9.50 Å². The fraction of sp³-hybridized carbons (Fsp3) is 0.250. The molecule has 0 fully saturated rings. The third-order valence-electron chi connectivity index (χ3n) is 3.13. The van der Waals surface area contributed by atoms with Gasteiger partial charge >= 0.3 is 0 Å². The molecular weight excluding hydrogens is 259 g/mol. The van der Waals surface area contributed by atoms with Gasteiger partial charge in [0.05, 0.1) is 13.7 Å². The van der Waals surface area contributed by atoms with Crippen LogP contribution in [-0.4, -0.2) is 12.2 Å². The van der Waals surface area contributed by atoms with E-state index in [-0.39, 0.29) is 19.0 Å². The number of ether oxygens (including phenoxy) is 2. The molecule has 0 atom stereocenters. The van der Waals surface area contributed by atoms with Gasteiger partial charge in [0, 0.05) is 5.56 Å². The molecule has 0 heterocycles. The maximum Gasteiger partial charge on any atom is 0.125 e. The molecule has 0 bridgehead atoms. The first kappa shape index (κ1) is 14.3. The number of rotatable bonds is 5. The fourth-order valence-electron chi connectivity index (χ4n) is 1.90. The first-order valence-electron chi connectivity index (χ1n) is 6.29. The van der Waals surface area contributed by atoms with Crippen molar-refractivity contribution in [3.05, 3.63) is 58.9 Å². The van der Waals surface area contributed by atoms with Crippen LogP contribution >= 0.6 is 0 Å². The smallest absolute Gasteiger partial charge is 0.125 e. The highest BCUT2D eigenvalue weighted by atomic mass is 19.1. The molecule has 0 saturated heterocycles. The van der Waals surface area contributed by atoms with Crippen molar-refractivity contribution in [1.29, 1.82) is 0 Å². The SMILES string of the molecule is COc1ccc(OCc2cc(F)ccc2C)c(CO)c1. The Morgan fingerprint density at radius 2 is 1.90 bits per heavy atom. The molecule has 0 aromatic heterocycles. The highest BCUT2D eigenvalue weighted by Gasteiger charge is 2.07. The molecule has 0 amide bonds. The number of halogens is 1. The summed E-state index contributed by atoms with van der Waals surface area (Å²) in [5.74, 6) is 0.937. The Kier molecular flexibility index (Phi) is 4.58. The Morgan fingerprint density at radius 3 is 2.60 bits per heavy atom. The molecule has 106 valence electrons. The normalized spacial score (nSPS) is 10.4. The summed E-state index contributed by atoms with van der Waals surface area (Å²) in [4.78, 5) is 0. The second kappa shape index (κ2) is 6.39. The van der Waals surface area contributed by atoms with Gasteiger partial charge in [0.2, 0.25) is 0 Å². The molecule has 0 aliphatic rings. The number of hydrogen-bond donors (Lipinski definition) is 1. The summed E-state index contributed by atoms with van der Waals surface area (Å²) >= 11 is 0. The highest BCUT2D eigenvalue weighted by Crippen LogP contribution is 2.25. The Morgan fingerprint density at radius 1 is 1.10 bits per heavy atom. The van der Waals surface area contributed by atoms with Gasteiger partial charge < -0.3 is 14.6 Å². The van der Waals surface area contributed by atoms with Crippen LogP contribution in [0.15, 0.2) is 36.4 Å². The molecule has 1 N–H and O–H groups in total. The lowest BCUT2D eigenvalue weighted by Crippen LogP contribution is -2.01. The average Bonchev–Trinajstić information content (AvgIpc) is 2.48. The van der Waals surface area contributed by atoms with Gasteiger partial charge in [-0.05, 0) is 48.4 Å². The summed E-state index contributed by atoms with van der Waals surface area (Å²) in [6.07, 6.45) is 0. The number of aliphatic hydroxyl groups excluding tert-OH is 1. The quantitative estimate of drug-likeness (QED) is 0.911. The van der Waals surface area contributed by atoms with Crippen LogP contribution in [0.5, 0.6) is 11.5 Å². The third kappa shape index (κ3) is 3.27. The maximum atomic E-state index is 13.2. The summed E-state index contributed by atoms with van der Waals surface area (Å²) in [5.41, 5.74) is 2.38. The Hall–Kier alpha value is -2.07. The van der Waals surface area contributed by atoms with Crippen molar-refractivity contribution >= 4 is 0 Å². The van der Waals surface area contributed by atoms with Crippen molar-refractivity contribution in [2.24, 2.45) is 0 Å². The summed E-state index contributed by atoms with van der Waals surface area (Å²) < 4.78 is 24.0. The molecule has 0 aliphatic heterocycles. The lowest BCUT2D eigenvalue weighted by Gasteiger charge is -2.13. The molecule has 2 aromatic carbocycles. The molecular formula is C16H17FO3.